The molecule has 0 aliphatic heterocycles. The van der Waals surface area contributed by atoms with Crippen LogP contribution in [0.5, 0.6) is 0 Å². The lowest BCUT2D eigenvalue weighted by Crippen LogP contribution is -1.93. The Labute approximate surface area is 83.2 Å². The summed E-state index contributed by atoms with van der Waals surface area (Å²) in [7, 11) is 3.21. The van der Waals surface area contributed by atoms with Gasteiger partial charge in [-0.1, -0.05) is 6.92 Å². The van der Waals surface area contributed by atoms with E-state index in [1.165, 1.54) is 13.2 Å². The first-order valence-corrected chi connectivity index (χ1v) is 4.46. The van der Waals surface area contributed by atoms with Gasteiger partial charge < -0.3 is 4.74 Å². The van der Waals surface area contributed by atoms with E-state index in [1.807, 2.05) is 20.2 Å². The highest BCUT2D eigenvalue weighted by molar-refractivity contribution is 5.87. The Balaban J connectivity index is 2.84. The molecule has 0 aliphatic rings. The highest BCUT2D eigenvalue weighted by Gasteiger charge is 2.02. The minimum Gasteiger partial charge on any atom is -0.466 e. The van der Waals surface area contributed by atoms with Gasteiger partial charge in [-0.05, 0) is 12.5 Å². The molecule has 0 spiro atoms. The Hall–Kier alpha value is -1.58. The summed E-state index contributed by atoms with van der Waals surface area (Å²) in [6, 6.07) is 0. The molecule has 4 heteroatoms. The third-order valence-electron chi connectivity index (χ3n) is 1.87. The summed E-state index contributed by atoms with van der Waals surface area (Å²) < 4.78 is 6.23. The second-order valence-electron chi connectivity index (χ2n) is 2.91. The maximum atomic E-state index is 10.9. The maximum Gasteiger partial charge on any atom is 0.330 e. The molecule has 1 aromatic rings. The van der Waals surface area contributed by atoms with Crippen LogP contribution in [0.15, 0.2) is 12.3 Å². The molecule has 0 unspecified atom stereocenters. The van der Waals surface area contributed by atoms with Crippen LogP contribution in [-0.2, 0) is 23.0 Å². The molecule has 1 rings (SSSR count). The molecule has 4 nitrogen and oxygen atoms in total. The van der Waals surface area contributed by atoms with E-state index in [0.29, 0.717) is 0 Å². The van der Waals surface area contributed by atoms with E-state index in [-0.39, 0.29) is 5.97 Å². The van der Waals surface area contributed by atoms with Crippen LogP contribution in [0.1, 0.15) is 18.2 Å². The molecule has 0 fully saturated rings. The Morgan fingerprint density at radius 2 is 2.43 bits per heavy atom. The van der Waals surface area contributed by atoms with Gasteiger partial charge in [0, 0.05) is 24.9 Å². The largest absolute Gasteiger partial charge is 0.466 e. The maximum absolute atomic E-state index is 10.9. The van der Waals surface area contributed by atoms with Gasteiger partial charge in [-0.25, -0.2) is 4.79 Å². The molecule has 0 saturated heterocycles. The van der Waals surface area contributed by atoms with Crippen molar-refractivity contribution in [2.75, 3.05) is 7.11 Å². The minimum absolute atomic E-state index is 0.351. The number of esters is 1. The van der Waals surface area contributed by atoms with Gasteiger partial charge >= 0.3 is 5.97 Å². The third kappa shape index (κ3) is 2.45. The molecule has 0 bridgehead atoms. The van der Waals surface area contributed by atoms with Gasteiger partial charge in [-0.3, -0.25) is 4.68 Å². The Kier molecular flexibility index (Phi) is 3.45. The number of ether oxygens (including phenoxy) is 1. The Bertz CT molecular complexity index is 353. The van der Waals surface area contributed by atoms with Gasteiger partial charge in [0.2, 0.25) is 0 Å². The highest BCUT2D eigenvalue weighted by Crippen LogP contribution is 2.08. The molecule has 14 heavy (non-hydrogen) atoms. The Morgan fingerprint density at radius 1 is 1.71 bits per heavy atom. The van der Waals surface area contributed by atoms with Crippen LogP contribution >= 0.6 is 0 Å². The van der Waals surface area contributed by atoms with Crippen LogP contribution in [0.25, 0.3) is 6.08 Å². The number of hydrogen-bond donors (Lipinski definition) is 0. The van der Waals surface area contributed by atoms with Crippen LogP contribution < -0.4 is 0 Å². The zero-order chi connectivity index (χ0) is 10.6. The van der Waals surface area contributed by atoms with Crippen molar-refractivity contribution in [3.8, 4) is 0 Å². The number of aryl methyl sites for hydroxylation is 2. The molecule has 0 atom stereocenters. The number of hydrogen-bond acceptors (Lipinski definition) is 3. The fourth-order valence-electron chi connectivity index (χ4n) is 1.19. The van der Waals surface area contributed by atoms with E-state index >= 15 is 0 Å². The zero-order valence-corrected chi connectivity index (χ0v) is 8.65. The van der Waals surface area contributed by atoms with E-state index < -0.39 is 0 Å². The number of carbonyl (C=O) groups is 1. The summed E-state index contributed by atoms with van der Waals surface area (Å²) in [4.78, 5) is 10.9. The van der Waals surface area contributed by atoms with Gasteiger partial charge in [0.25, 0.3) is 0 Å². The van der Waals surface area contributed by atoms with Crippen LogP contribution in [0, 0.1) is 0 Å². The lowest BCUT2D eigenvalue weighted by atomic mass is 10.2. The topological polar surface area (TPSA) is 44.1 Å². The monoisotopic (exact) mass is 194 g/mol. The standard InChI is InChI=1S/C10H14N2O2/c1-4-9-8(7-12(2)11-9)5-6-10(13)14-3/h5-7H,4H2,1-3H3/b6-5+. The summed E-state index contributed by atoms with van der Waals surface area (Å²) >= 11 is 0. The van der Waals surface area contributed by atoms with Crippen molar-refractivity contribution in [2.45, 2.75) is 13.3 Å². The highest BCUT2D eigenvalue weighted by atomic mass is 16.5. The van der Waals surface area contributed by atoms with Crippen LogP contribution in [0.3, 0.4) is 0 Å². The summed E-state index contributed by atoms with van der Waals surface area (Å²) in [5.41, 5.74) is 1.94. The van der Waals surface area contributed by atoms with E-state index in [9.17, 15) is 4.79 Å². The van der Waals surface area contributed by atoms with Crippen molar-refractivity contribution in [2.24, 2.45) is 7.05 Å². The van der Waals surface area contributed by atoms with E-state index in [4.69, 9.17) is 0 Å². The number of methoxy groups -OCH3 is 1. The molecular formula is C10H14N2O2. The van der Waals surface area contributed by atoms with Crippen molar-refractivity contribution < 1.29 is 9.53 Å². The fraction of sp³-hybridized carbons (Fsp3) is 0.400. The van der Waals surface area contributed by atoms with Crippen molar-refractivity contribution in [1.29, 1.82) is 0 Å². The summed E-state index contributed by atoms with van der Waals surface area (Å²) in [6.07, 6.45) is 5.84. The molecule has 0 saturated carbocycles. The van der Waals surface area contributed by atoms with Crippen LogP contribution in [-0.4, -0.2) is 22.9 Å². The fourth-order valence-corrected chi connectivity index (χ4v) is 1.19. The van der Waals surface area contributed by atoms with Crippen molar-refractivity contribution in [1.82, 2.24) is 9.78 Å². The van der Waals surface area contributed by atoms with Crippen molar-refractivity contribution in [3.05, 3.63) is 23.5 Å². The zero-order valence-electron chi connectivity index (χ0n) is 8.65. The first-order valence-electron chi connectivity index (χ1n) is 4.46. The second-order valence-corrected chi connectivity index (χ2v) is 2.91. The average Bonchev–Trinajstić information content (AvgIpc) is 2.55. The summed E-state index contributed by atoms with van der Waals surface area (Å²) in [5, 5.41) is 4.25. The number of carbonyl (C=O) groups excluding carboxylic acids is 1. The number of nitrogens with zero attached hydrogens (tertiary/aromatic N) is 2. The molecule has 0 amide bonds. The average molecular weight is 194 g/mol. The molecule has 0 N–H and O–H groups in total. The van der Waals surface area contributed by atoms with Gasteiger partial charge in [0.05, 0.1) is 12.8 Å². The molecule has 1 heterocycles. The molecular weight excluding hydrogens is 180 g/mol. The number of rotatable bonds is 3. The van der Waals surface area contributed by atoms with Crippen molar-refractivity contribution >= 4 is 12.0 Å². The van der Waals surface area contributed by atoms with E-state index in [1.54, 1.807) is 10.8 Å². The summed E-state index contributed by atoms with van der Waals surface area (Å²) in [6.45, 7) is 2.03. The molecule has 0 aromatic carbocycles. The first-order chi connectivity index (χ1) is 6.67. The van der Waals surface area contributed by atoms with Crippen LogP contribution in [0.4, 0.5) is 0 Å². The predicted molar refractivity (Wildman–Crippen MR) is 53.6 cm³/mol. The van der Waals surface area contributed by atoms with E-state index in [0.717, 1.165) is 17.7 Å². The quantitative estimate of drug-likeness (QED) is 0.536. The smallest absolute Gasteiger partial charge is 0.330 e. The van der Waals surface area contributed by atoms with Gasteiger partial charge in [-0.15, -0.1) is 0 Å². The normalized spacial score (nSPS) is 10.8. The molecule has 1 aromatic heterocycles. The van der Waals surface area contributed by atoms with E-state index in [2.05, 4.69) is 9.84 Å². The van der Waals surface area contributed by atoms with Crippen molar-refractivity contribution in [3.63, 3.8) is 0 Å². The van der Waals surface area contributed by atoms with Gasteiger partial charge in [-0.2, -0.15) is 5.10 Å². The van der Waals surface area contributed by atoms with Crippen LogP contribution in [0.2, 0.25) is 0 Å². The van der Waals surface area contributed by atoms with Gasteiger partial charge in [0.1, 0.15) is 0 Å². The lowest BCUT2D eigenvalue weighted by Gasteiger charge is -1.91. The second kappa shape index (κ2) is 4.60. The predicted octanol–water partition coefficient (Wildman–Crippen LogP) is 1.17. The Morgan fingerprint density at radius 3 is 3.00 bits per heavy atom. The minimum atomic E-state index is -0.351. The molecule has 76 valence electrons. The lowest BCUT2D eigenvalue weighted by molar-refractivity contribution is -0.134. The molecule has 0 aliphatic carbocycles. The number of aromatic nitrogens is 2. The SMILES string of the molecule is CCc1nn(C)cc1/C=C/C(=O)OC. The summed E-state index contributed by atoms with van der Waals surface area (Å²) in [5.74, 6) is -0.351. The molecule has 0 radical (unpaired) electrons. The first kappa shape index (κ1) is 10.5. The third-order valence-corrected chi connectivity index (χ3v) is 1.87. The van der Waals surface area contributed by atoms with Gasteiger partial charge in [0.15, 0.2) is 0 Å².